The van der Waals surface area contributed by atoms with E-state index in [-0.39, 0.29) is 17.9 Å². The van der Waals surface area contributed by atoms with Crippen LogP contribution in [0.4, 0.5) is 14.9 Å². The molecule has 1 fully saturated rings. The van der Waals surface area contributed by atoms with Gasteiger partial charge in [0.2, 0.25) is 0 Å². The second-order valence-corrected chi connectivity index (χ2v) is 6.26. The number of hydrogen-bond donors (Lipinski definition) is 1. The van der Waals surface area contributed by atoms with Gasteiger partial charge in [0.1, 0.15) is 5.82 Å². The summed E-state index contributed by atoms with van der Waals surface area (Å²) in [4.78, 5) is 14.3. The highest BCUT2D eigenvalue weighted by Crippen LogP contribution is 2.32. The molecule has 1 heterocycles. The van der Waals surface area contributed by atoms with E-state index in [1.54, 1.807) is 12.1 Å². The minimum Gasteiger partial charge on any atom is -0.317 e. The third kappa shape index (κ3) is 3.30. The fourth-order valence-electron chi connectivity index (χ4n) is 2.77. The van der Waals surface area contributed by atoms with E-state index >= 15 is 0 Å². The number of carbonyl (C=O) groups excluding carboxylic acids is 1. The number of hydrogen-bond acceptors (Lipinski definition) is 1. The van der Waals surface area contributed by atoms with Gasteiger partial charge in [0.25, 0.3) is 0 Å². The largest absolute Gasteiger partial charge is 0.322 e. The summed E-state index contributed by atoms with van der Waals surface area (Å²) in [6.45, 7) is 0.713. The van der Waals surface area contributed by atoms with Crippen LogP contribution in [0.1, 0.15) is 24.4 Å². The van der Waals surface area contributed by atoms with Crippen molar-refractivity contribution in [1.82, 2.24) is 4.90 Å². The molecule has 0 bridgehead atoms. The van der Waals surface area contributed by atoms with E-state index in [0.29, 0.717) is 6.54 Å². The lowest BCUT2D eigenvalue weighted by Crippen LogP contribution is -2.34. The van der Waals surface area contributed by atoms with Crippen LogP contribution in [0.25, 0.3) is 0 Å². The Hall–Kier alpha value is -1.88. The molecule has 1 aliphatic heterocycles. The van der Waals surface area contributed by atoms with Gasteiger partial charge in [-0.25, -0.2) is 9.18 Å². The van der Waals surface area contributed by atoms with Crippen molar-refractivity contribution in [3.8, 4) is 0 Å². The van der Waals surface area contributed by atoms with Crippen molar-refractivity contribution in [2.45, 2.75) is 18.9 Å². The maximum absolute atomic E-state index is 13.1. The molecule has 1 atom stereocenters. The molecule has 0 saturated carbocycles. The smallest absolute Gasteiger partial charge is 0.317 e. The Morgan fingerprint density at radius 1 is 1.14 bits per heavy atom. The number of urea groups is 1. The lowest BCUT2D eigenvalue weighted by molar-refractivity contribution is 0.207. The molecule has 3 nitrogen and oxygen atoms in total. The van der Waals surface area contributed by atoms with Gasteiger partial charge in [0.15, 0.2) is 0 Å². The molecule has 2 aromatic rings. The monoisotopic (exact) mass is 362 g/mol. The quantitative estimate of drug-likeness (QED) is 0.804. The zero-order valence-electron chi connectivity index (χ0n) is 11.9. The SMILES string of the molecule is O=C(Nc1ccc(Br)cc1)N1CCCC1c1ccc(F)cc1. The Labute approximate surface area is 137 Å². The Morgan fingerprint density at radius 2 is 1.82 bits per heavy atom. The lowest BCUT2D eigenvalue weighted by atomic mass is 10.0. The van der Waals surface area contributed by atoms with Crippen LogP contribution >= 0.6 is 15.9 Å². The molecular formula is C17H16BrFN2O. The molecule has 0 aliphatic carbocycles. The van der Waals surface area contributed by atoms with Crippen molar-refractivity contribution in [3.05, 3.63) is 64.4 Å². The maximum atomic E-state index is 13.1. The number of carbonyl (C=O) groups is 1. The number of rotatable bonds is 2. The van der Waals surface area contributed by atoms with E-state index in [1.807, 2.05) is 29.2 Å². The van der Waals surface area contributed by atoms with E-state index in [9.17, 15) is 9.18 Å². The summed E-state index contributed by atoms with van der Waals surface area (Å²) in [6.07, 6.45) is 1.86. The van der Waals surface area contributed by atoms with Crippen molar-refractivity contribution in [3.63, 3.8) is 0 Å². The number of halogens is 2. The molecular weight excluding hydrogens is 347 g/mol. The molecule has 0 spiro atoms. The number of benzene rings is 2. The van der Waals surface area contributed by atoms with E-state index < -0.39 is 0 Å². The average molecular weight is 363 g/mol. The summed E-state index contributed by atoms with van der Waals surface area (Å²) in [6, 6.07) is 13.8. The molecule has 2 amide bonds. The third-order valence-corrected chi connectivity index (χ3v) is 4.39. The second kappa shape index (κ2) is 6.48. The highest BCUT2D eigenvalue weighted by Gasteiger charge is 2.29. The number of anilines is 1. The lowest BCUT2D eigenvalue weighted by Gasteiger charge is -2.25. The fraction of sp³-hybridized carbons (Fsp3) is 0.235. The van der Waals surface area contributed by atoms with E-state index in [2.05, 4.69) is 21.2 Å². The normalized spacial score (nSPS) is 17.5. The number of nitrogens with one attached hydrogen (secondary N) is 1. The molecule has 22 heavy (non-hydrogen) atoms. The molecule has 5 heteroatoms. The standard InChI is InChI=1S/C17H16BrFN2O/c18-13-5-9-15(10-6-13)20-17(22)21-11-1-2-16(21)12-3-7-14(19)8-4-12/h3-10,16H,1-2,11H2,(H,20,22). The Bertz CT molecular complexity index is 657. The van der Waals surface area contributed by atoms with Gasteiger partial charge in [0.05, 0.1) is 6.04 Å². The highest BCUT2D eigenvalue weighted by atomic mass is 79.9. The predicted octanol–water partition coefficient (Wildman–Crippen LogP) is 4.96. The van der Waals surface area contributed by atoms with Crippen molar-refractivity contribution < 1.29 is 9.18 Å². The second-order valence-electron chi connectivity index (χ2n) is 5.34. The van der Waals surface area contributed by atoms with Crippen LogP contribution in [-0.2, 0) is 0 Å². The van der Waals surface area contributed by atoms with Gasteiger partial charge in [-0.3, -0.25) is 0 Å². The molecule has 0 radical (unpaired) electrons. The first-order chi connectivity index (χ1) is 10.6. The van der Waals surface area contributed by atoms with Crippen LogP contribution in [0.3, 0.4) is 0 Å². The van der Waals surface area contributed by atoms with Crippen LogP contribution in [-0.4, -0.2) is 17.5 Å². The van der Waals surface area contributed by atoms with Crippen molar-refractivity contribution >= 4 is 27.6 Å². The van der Waals surface area contributed by atoms with Crippen molar-refractivity contribution in [2.75, 3.05) is 11.9 Å². The molecule has 0 aromatic heterocycles. The first kappa shape index (κ1) is 15.0. The molecule has 2 aromatic carbocycles. The highest BCUT2D eigenvalue weighted by molar-refractivity contribution is 9.10. The summed E-state index contributed by atoms with van der Waals surface area (Å²) in [7, 11) is 0. The molecule has 1 N–H and O–H groups in total. The van der Waals surface area contributed by atoms with Crippen molar-refractivity contribution in [1.29, 1.82) is 0 Å². The van der Waals surface area contributed by atoms with Gasteiger partial charge in [-0.1, -0.05) is 28.1 Å². The predicted molar refractivity (Wildman–Crippen MR) is 88.2 cm³/mol. The Morgan fingerprint density at radius 3 is 2.50 bits per heavy atom. The van der Waals surface area contributed by atoms with Gasteiger partial charge in [-0.15, -0.1) is 0 Å². The average Bonchev–Trinajstić information content (AvgIpc) is 3.00. The van der Waals surface area contributed by atoms with Crippen LogP contribution < -0.4 is 5.32 Å². The Kier molecular flexibility index (Phi) is 4.43. The van der Waals surface area contributed by atoms with Crippen LogP contribution in [0, 0.1) is 5.82 Å². The fourth-order valence-corrected chi connectivity index (χ4v) is 3.03. The molecule has 1 aliphatic rings. The van der Waals surface area contributed by atoms with Crippen LogP contribution in [0.5, 0.6) is 0 Å². The molecule has 1 saturated heterocycles. The summed E-state index contributed by atoms with van der Waals surface area (Å²) in [5.41, 5.74) is 1.74. The Balaban J connectivity index is 1.73. The summed E-state index contributed by atoms with van der Waals surface area (Å²) >= 11 is 3.37. The van der Waals surface area contributed by atoms with Crippen molar-refractivity contribution in [2.24, 2.45) is 0 Å². The zero-order chi connectivity index (χ0) is 15.5. The van der Waals surface area contributed by atoms with Gasteiger partial charge >= 0.3 is 6.03 Å². The number of likely N-dealkylation sites (tertiary alicyclic amines) is 1. The number of nitrogens with zero attached hydrogens (tertiary/aromatic N) is 1. The van der Waals surface area contributed by atoms with Gasteiger partial charge in [-0.2, -0.15) is 0 Å². The first-order valence-electron chi connectivity index (χ1n) is 7.22. The van der Waals surface area contributed by atoms with Crippen LogP contribution in [0.15, 0.2) is 53.0 Å². The molecule has 1 unspecified atom stereocenters. The van der Waals surface area contributed by atoms with Gasteiger partial charge in [0, 0.05) is 16.7 Å². The summed E-state index contributed by atoms with van der Waals surface area (Å²) < 4.78 is 14.0. The van der Waals surface area contributed by atoms with Crippen LogP contribution in [0.2, 0.25) is 0 Å². The zero-order valence-corrected chi connectivity index (χ0v) is 13.5. The van der Waals surface area contributed by atoms with E-state index in [1.165, 1.54) is 12.1 Å². The minimum absolute atomic E-state index is 0.0102. The topological polar surface area (TPSA) is 32.3 Å². The van der Waals surface area contributed by atoms with E-state index in [4.69, 9.17) is 0 Å². The molecule has 3 rings (SSSR count). The summed E-state index contributed by atoms with van der Waals surface area (Å²) in [5.74, 6) is -0.257. The maximum Gasteiger partial charge on any atom is 0.322 e. The third-order valence-electron chi connectivity index (χ3n) is 3.86. The first-order valence-corrected chi connectivity index (χ1v) is 8.01. The molecule has 114 valence electrons. The number of amides is 2. The van der Waals surface area contributed by atoms with Gasteiger partial charge in [-0.05, 0) is 54.8 Å². The minimum atomic E-state index is -0.257. The van der Waals surface area contributed by atoms with E-state index in [0.717, 1.165) is 28.6 Å². The summed E-state index contributed by atoms with van der Waals surface area (Å²) in [5, 5.41) is 2.91. The van der Waals surface area contributed by atoms with Gasteiger partial charge < -0.3 is 10.2 Å².